The molecular weight excluding hydrogens is 291 g/mol. The number of hydrogen-bond donors (Lipinski definition) is 1. The van der Waals surface area contributed by atoms with Gasteiger partial charge in [0, 0.05) is 12.6 Å². The van der Waals surface area contributed by atoms with Gasteiger partial charge in [0.25, 0.3) is 0 Å². The zero-order chi connectivity index (χ0) is 16.7. The van der Waals surface area contributed by atoms with Crippen molar-refractivity contribution in [1.82, 2.24) is 10.2 Å². The maximum absolute atomic E-state index is 13.4. The lowest BCUT2D eigenvalue weighted by molar-refractivity contribution is -0.116. The number of amides is 1. The molecule has 120 valence electrons. The molecule has 0 spiro atoms. The molecule has 0 fully saturated rings. The summed E-state index contributed by atoms with van der Waals surface area (Å²) in [4.78, 5) is 13.9. The maximum Gasteiger partial charge on any atom is 0.244 e. The maximum atomic E-state index is 13.4. The zero-order valence-corrected chi connectivity index (χ0v) is 13.4. The third-order valence-electron chi connectivity index (χ3n) is 3.55. The number of rotatable bonds is 6. The fourth-order valence-corrected chi connectivity index (χ4v) is 2.30. The van der Waals surface area contributed by atoms with Gasteiger partial charge in [-0.2, -0.15) is 0 Å². The number of nitrogens with zero attached hydrogens (tertiary/aromatic N) is 1. The van der Waals surface area contributed by atoms with E-state index in [4.69, 9.17) is 0 Å². The van der Waals surface area contributed by atoms with Crippen LogP contribution in [0.25, 0.3) is 6.08 Å². The van der Waals surface area contributed by atoms with Crippen LogP contribution in [-0.2, 0) is 4.79 Å². The van der Waals surface area contributed by atoms with E-state index in [-0.39, 0.29) is 17.8 Å². The molecule has 0 saturated carbocycles. The van der Waals surface area contributed by atoms with E-state index in [1.54, 1.807) is 12.1 Å². The summed E-state index contributed by atoms with van der Waals surface area (Å²) in [7, 11) is 3.81. The topological polar surface area (TPSA) is 32.3 Å². The summed E-state index contributed by atoms with van der Waals surface area (Å²) in [6, 6.07) is 16.0. The molecule has 3 nitrogen and oxygen atoms in total. The predicted molar refractivity (Wildman–Crippen MR) is 91.3 cm³/mol. The van der Waals surface area contributed by atoms with Crippen LogP contribution in [0, 0.1) is 5.82 Å². The number of nitrogens with one attached hydrogen (secondary N) is 1. The van der Waals surface area contributed by atoms with Crippen molar-refractivity contribution in [2.45, 2.75) is 6.04 Å². The Morgan fingerprint density at radius 3 is 2.57 bits per heavy atom. The number of likely N-dealkylation sites (N-methyl/N-ethyl adjacent to an activating group) is 1. The highest BCUT2D eigenvalue weighted by Gasteiger charge is 2.15. The average molecular weight is 312 g/mol. The molecule has 0 bridgehead atoms. The Morgan fingerprint density at radius 1 is 1.17 bits per heavy atom. The molecule has 0 saturated heterocycles. The van der Waals surface area contributed by atoms with E-state index in [0.717, 1.165) is 11.1 Å². The molecule has 2 rings (SSSR count). The summed E-state index contributed by atoms with van der Waals surface area (Å²) in [6.45, 7) is 0.411. The molecule has 0 radical (unpaired) electrons. The lowest BCUT2D eigenvalue weighted by Crippen LogP contribution is -2.33. The van der Waals surface area contributed by atoms with E-state index >= 15 is 0 Å². The first-order valence-electron chi connectivity index (χ1n) is 7.49. The van der Waals surface area contributed by atoms with E-state index < -0.39 is 0 Å². The van der Waals surface area contributed by atoms with Crippen molar-refractivity contribution >= 4 is 12.0 Å². The molecule has 0 aliphatic carbocycles. The minimum Gasteiger partial charge on any atom is -0.351 e. The number of carbonyl (C=O) groups excluding carboxylic acids is 1. The fourth-order valence-electron chi connectivity index (χ4n) is 2.30. The molecule has 2 aromatic rings. The Morgan fingerprint density at radius 2 is 1.91 bits per heavy atom. The van der Waals surface area contributed by atoms with E-state index in [0.29, 0.717) is 6.54 Å². The van der Waals surface area contributed by atoms with Gasteiger partial charge in [0.15, 0.2) is 0 Å². The van der Waals surface area contributed by atoms with E-state index in [1.807, 2.05) is 55.4 Å². The van der Waals surface area contributed by atoms with Gasteiger partial charge in [0.2, 0.25) is 5.91 Å². The van der Waals surface area contributed by atoms with Gasteiger partial charge in [-0.15, -0.1) is 0 Å². The van der Waals surface area contributed by atoms with Crippen LogP contribution in [0.4, 0.5) is 4.39 Å². The molecule has 0 aromatic heterocycles. The fraction of sp³-hybridized carbons (Fsp3) is 0.211. The molecule has 1 atom stereocenters. The average Bonchev–Trinajstić information content (AvgIpc) is 2.54. The van der Waals surface area contributed by atoms with Gasteiger partial charge in [-0.25, -0.2) is 4.39 Å². The van der Waals surface area contributed by atoms with Gasteiger partial charge >= 0.3 is 0 Å². The van der Waals surface area contributed by atoms with Gasteiger partial charge in [0.05, 0.1) is 6.04 Å². The normalized spacial score (nSPS) is 12.5. The van der Waals surface area contributed by atoms with Crippen molar-refractivity contribution in [3.63, 3.8) is 0 Å². The lowest BCUT2D eigenvalue weighted by Gasteiger charge is -2.24. The van der Waals surface area contributed by atoms with Crippen LogP contribution in [0.1, 0.15) is 17.2 Å². The second-order valence-electron chi connectivity index (χ2n) is 5.52. The lowest BCUT2D eigenvalue weighted by atomic mass is 10.1. The molecule has 1 unspecified atom stereocenters. The Bertz CT molecular complexity index is 668. The molecule has 2 aromatic carbocycles. The van der Waals surface area contributed by atoms with Crippen molar-refractivity contribution in [3.8, 4) is 0 Å². The standard InChI is InChI=1S/C19H21FN2O/c1-22(2)18(16-9-6-10-17(20)13-16)14-21-19(23)12-11-15-7-4-3-5-8-15/h3-13,18H,14H2,1-2H3,(H,21,23)/b12-11+. The number of benzene rings is 2. The van der Waals surface area contributed by atoms with E-state index in [2.05, 4.69) is 5.32 Å². The largest absolute Gasteiger partial charge is 0.351 e. The Hall–Kier alpha value is -2.46. The monoisotopic (exact) mass is 312 g/mol. The summed E-state index contributed by atoms with van der Waals surface area (Å²) in [5.41, 5.74) is 1.80. The Labute approximate surface area is 136 Å². The highest BCUT2D eigenvalue weighted by Crippen LogP contribution is 2.18. The Balaban J connectivity index is 1.96. The molecule has 0 aliphatic heterocycles. The van der Waals surface area contributed by atoms with Crippen molar-refractivity contribution in [2.75, 3.05) is 20.6 Å². The van der Waals surface area contributed by atoms with Crippen LogP contribution in [0.2, 0.25) is 0 Å². The second-order valence-corrected chi connectivity index (χ2v) is 5.52. The minimum absolute atomic E-state index is 0.0835. The van der Waals surface area contributed by atoms with E-state index in [9.17, 15) is 9.18 Å². The summed E-state index contributed by atoms with van der Waals surface area (Å²) >= 11 is 0. The molecular formula is C19H21FN2O. The molecule has 23 heavy (non-hydrogen) atoms. The van der Waals surface area contributed by atoms with Gasteiger partial charge in [-0.1, -0.05) is 42.5 Å². The number of carbonyl (C=O) groups is 1. The van der Waals surface area contributed by atoms with Gasteiger partial charge in [0.1, 0.15) is 5.82 Å². The van der Waals surface area contributed by atoms with Crippen LogP contribution in [0.15, 0.2) is 60.7 Å². The Kier molecular flexibility index (Phi) is 6.06. The zero-order valence-electron chi connectivity index (χ0n) is 13.4. The van der Waals surface area contributed by atoms with Gasteiger partial charge < -0.3 is 10.2 Å². The van der Waals surface area contributed by atoms with Crippen molar-refractivity contribution in [2.24, 2.45) is 0 Å². The predicted octanol–water partition coefficient (Wildman–Crippen LogP) is 3.26. The minimum atomic E-state index is -0.273. The highest BCUT2D eigenvalue weighted by molar-refractivity contribution is 5.91. The molecule has 0 heterocycles. The van der Waals surface area contributed by atoms with Crippen LogP contribution in [0.3, 0.4) is 0 Å². The molecule has 0 aliphatic rings. The van der Waals surface area contributed by atoms with E-state index in [1.165, 1.54) is 18.2 Å². The summed E-state index contributed by atoms with van der Waals surface area (Å²) < 4.78 is 13.4. The number of halogens is 1. The number of hydrogen-bond acceptors (Lipinski definition) is 2. The van der Waals surface area contributed by atoms with Crippen molar-refractivity contribution < 1.29 is 9.18 Å². The first kappa shape index (κ1) is 16.9. The quantitative estimate of drug-likeness (QED) is 0.830. The van der Waals surface area contributed by atoms with Crippen LogP contribution in [0.5, 0.6) is 0 Å². The third kappa shape index (κ3) is 5.34. The molecule has 1 amide bonds. The van der Waals surface area contributed by atoms with Gasteiger partial charge in [-0.3, -0.25) is 4.79 Å². The SMILES string of the molecule is CN(C)C(CNC(=O)/C=C/c1ccccc1)c1cccc(F)c1. The van der Waals surface area contributed by atoms with Crippen molar-refractivity contribution in [3.05, 3.63) is 77.6 Å². The van der Waals surface area contributed by atoms with Crippen molar-refractivity contribution in [1.29, 1.82) is 0 Å². The third-order valence-corrected chi connectivity index (χ3v) is 3.55. The van der Waals surface area contributed by atoms with Gasteiger partial charge in [-0.05, 0) is 43.4 Å². The second kappa shape index (κ2) is 8.25. The van der Waals surface area contributed by atoms with Crippen LogP contribution < -0.4 is 5.32 Å². The summed E-state index contributed by atoms with van der Waals surface area (Å²) in [5, 5.41) is 2.86. The van der Waals surface area contributed by atoms with Crippen LogP contribution >= 0.6 is 0 Å². The first-order valence-corrected chi connectivity index (χ1v) is 7.49. The smallest absolute Gasteiger partial charge is 0.244 e. The first-order chi connectivity index (χ1) is 11.1. The van der Waals surface area contributed by atoms with Crippen LogP contribution in [-0.4, -0.2) is 31.4 Å². The highest BCUT2D eigenvalue weighted by atomic mass is 19.1. The molecule has 1 N–H and O–H groups in total. The summed E-state index contributed by atoms with van der Waals surface area (Å²) in [5.74, 6) is -0.443. The molecule has 4 heteroatoms. The summed E-state index contributed by atoms with van der Waals surface area (Å²) in [6.07, 6.45) is 3.27.